The summed E-state index contributed by atoms with van der Waals surface area (Å²) >= 11 is 0. The number of anilines is 1. The van der Waals surface area contributed by atoms with Crippen molar-refractivity contribution in [1.82, 2.24) is 4.72 Å². The van der Waals surface area contributed by atoms with Gasteiger partial charge in [-0.15, -0.1) is 0 Å². The summed E-state index contributed by atoms with van der Waals surface area (Å²) in [5, 5.41) is 0. The van der Waals surface area contributed by atoms with Gasteiger partial charge >= 0.3 is 0 Å². The zero-order chi connectivity index (χ0) is 16.7. The summed E-state index contributed by atoms with van der Waals surface area (Å²) in [7, 11) is -1.63. The van der Waals surface area contributed by atoms with Gasteiger partial charge in [0.2, 0.25) is 16.8 Å². The minimum atomic E-state index is -3.65. The molecule has 2 aromatic rings. The van der Waals surface area contributed by atoms with E-state index < -0.39 is 10.0 Å². The van der Waals surface area contributed by atoms with Crippen LogP contribution in [0.1, 0.15) is 18.0 Å². The third-order valence-corrected chi connectivity index (χ3v) is 5.90. The molecular weight excluding hydrogens is 328 g/mol. The molecule has 0 amide bonds. The van der Waals surface area contributed by atoms with Crippen LogP contribution in [-0.2, 0) is 10.0 Å². The fourth-order valence-corrected chi connectivity index (χ4v) is 4.42. The zero-order valence-electron chi connectivity index (χ0n) is 13.2. The van der Waals surface area contributed by atoms with Crippen molar-refractivity contribution in [2.75, 3.05) is 25.3 Å². The van der Waals surface area contributed by atoms with Gasteiger partial charge in [-0.25, -0.2) is 13.1 Å². The number of benzene rings is 2. The summed E-state index contributed by atoms with van der Waals surface area (Å²) in [6, 6.07) is 12.3. The smallest absolute Gasteiger partial charge is 0.241 e. The minimum absolute atomic E-state index is 0.120. The van der Waals surface area contributed by atoms with Gasteiger partial charge in [0.15, 0.2) is 11.5 Å². The number of fused-ring (bicyclic) bond motifs is 2. The van der Waals surface area contributed by atoms with Crippen LogP contribution in [0.25, 0.3) is 0 Å². The highest BCUT2D eigenvalue weighted by molar-refractivity contribution is 7.89. The Balaban J connectivity index is 1.64. The molecule has 126 valence electrons. The van der Waals surface area contributed by atoms with Gasteiger partial charge in [0.1, 0.15) is 0 Å². The van der Waals surface area contributed by atoms with E-state index in [9.17, 15) is 8.42 Å². The first-order valence-electron chi connectivity index (χ1n) is 7.77. The summed E-state index contributed by atoms with van der Waals surface area (Å²) < 4.78 is 38.9. The molecule has 2 aliphatic rings. The van der Waals surface area contributed by atoms with E-state index in [4.69, 9.17) is 9.47 Å². The number of para-hydroxylation sites is 1. The Bertz CT molecular complexity index is 882. The van der Waals surface area contributed by atoms with Gasteiger partial charge < -0.3 is 14.4 Å². The number of rotatable bonds is 3. The molecule has 4 rings (SSSR count). The largest absolute Gasteiger partial charge is 0.454 e. The van der Waals surface area contributed by atoms with Crippen molar-refractivity contribution in [3.05, 3.63) is 48.0 Å². The van der Waals surface area contributed by atoms with Crippen LogP contribution >= 0.6 is 0 Å². The van der Waals surface area contributed by atoms with Gasteiger partial charge in [-0.2, -0.15) is 0 Å². The Morgan fingerprint density at radius 2 is 1.92 bits per heavy atom. The van der Waals surface area contributed by atoms with Gasteiger partial charge in [-0.3, -0.25) is 0 Å². The molecule has 6 nitrogen and oxygen atoms in total. The Kier molecular flexibility index (Phi) is 3.62. The molecule has 0 fully saturated rings. The van der Waals surface area contributed by atoms with E-state index in [0.29, 0.717) is 11.5 Å². The van der Waals surface area contributed by atoms with E-state index in [0.717, 1.165) is 24.2 Å². The maximum absolute atomic E-state index is 12.8. The fraction of sp³-hybridized carbons (Fsp3) is 0.294. The molecule has 0 aliphatic carbocycles. The van der Waals surface area contributed by atoms with Crippen LogP contribution in [0.15, 0.2) is 47.4 Å². The van der Waals surface area contributed by atoms with E-state index in [1.165, 1.54) is 12.1 Å². The summed E-state index contributed by atoms with van der Waals surface area (Å²) in [6.07, 6.45) is 0.720. The van der Waals surface area contributed by atoms with Crippen LogP contribution < -0.4 is 19.1 Å². The lowest BCUT2D eigenvalue weighted by Crippen LogP contribution is -2.36. The van der Waals surface area contributed by atoms with Gasteiger partial charge in [-0.1, -0.05) is 18.2 Å². The Labute approximate surface area is 141 Å². The number of nitrogens with one attached hydrogen (secondary N) is 1. The predicted octanol–water partition coefficient (Wildman–Crippen LogP) is 2.27. The molecule has 2 aromatic carbocycles. The zero-order valence-corrected chi connectivity index (χ0v) is 14.0. The second kappa shape index (κ2) is 5.68. The van der Waals surface area contributed by atoms with E-state index in [2.05, 4.69) is 9.62 Å². The monoisotopic (exact) mass is 346 g/mol. The van der Waals surface area contributed by atoms with Crippen molar-refractivity contribution in [3.8, 4) is 11.5 Å². The third-order valence-electron chi connectivity index (χ3n) is 4.43. The van der Waals surface area contributed by atoms with Gasteiger partial charge in [-0.05, 0) is 30.2 Å². The van der Waals surface area contributed by atoms with E-state index in [-0.39, 0.29) is 17.7 Å². The molecular formula is C17H18N2O4S. The van der Waals surface area contributed by atoms with Crippen LogP contribution in [0.5, 0.6) is 11.5 Å². The Hall–Kier alpha value is -2.25. The molecule has 0 radical (unpaired) electrons. The number of hydrogen-bond acceptors (Lipinski definition) is 5. The molecule has 7 heteroatoms. The second-order valence-electron chi connectivity index (χ2n) is 5.96. The minimum Gasteiger partial charge on any atom is -0.454 e. The van der Waals surface area contributed by atoms with Crippen molar-refractivity contribution in [1.29, 1.82) is 0 Å². The van der Waals surface area contributed by atoms with Crippen LogP contribution in [0, 0.1) is 0 Å². The molecule has 0 bridgehead atoms. The normalized spacial score (nSPS) is 19.2. The van der Waals surface area contributed by atoms with E-state index in [1.54, 1.807) is 6.07 Å². The second-order valence-corrected chi connectivity index (χ2v) is 7.67. The molecule has 2 heterocycles. The number of hydrogen-bond donors (Lipinski definition) is 1. The maximum Gasteiger partial charge on any atom is 0.241 e. The van der Waals surface area contributed by atoms with Crippen molar-refractivity contribution < 1.29 is 17.9 Å². The molecule has 24 heavy (non-hydrogen) atoms. The number of ether oxygens (including phenoxy) is 2. The lowest BCUT2D eigenvalue weighted by Gasteiger charge is -2.33. The highest BCUT2D eigenvalue weighted by Gasteiger charge is 2.28. The average Bonchev–Trinajstić information content (AvgIpc) is 3.05. The molecule has 0 spiro atoms. The van der Waals surface area contributed by atoms with E-state index >= 15 is 0 Å². The number of nitrogens with zero attached hydrogens (tertiary/aromatic N) is 1. The van der Waals surface area contributed by atoms with Crippen LogP contribution in [-0.4, -0.2) is 28.8 Å². The van der Waals surface area contributed by atoms with Crippen molar-refractivity contribution in [2.45, 2.75) is 17.4 Å². The average molecular weight is 346 g/mol. The standard InChI is InChI=1S/C17H18N2O4S/c1-19-9-8-14(13-4-2-3-5-15(13)19)18-24(20,21)12-6-7-16-17(10-12)23-11-22-16/h2-7,10,14,18H,8-9,11H2,1H3. The molecule has 2 aliphatic heterocycles. The first-order chi connectivity index (χ1) is 11.5. The van der Waals surface area contributed by atoms with Gasteiger partial charge in [0.25, 0.3) is 0 Å². The summed E-state index contributed by atoms with van der Waals surface area (Å²) in [5.74, 6) is 1.03. The van der Waals surface area contributed by atoms with Crippen LogP contribution in [0.3, 0.4) is 0 Å². The van der Waals surface area contributed by atoms with Crippen LogP contribution in [0.4, 0.5) is 5.69 Å². The molecule has 1 N–H and O–H groups in total. The molecule has 0 saturated heterocycles. The SMILES string of the molecule is CN1CCC(NS(=O)(=O)c2ccc3c(c2)OCO3)c2ccccc21. The molecule has 1 unspecified atom stereocenters. The Morgan fingerprint density at radius 3 is 2.79 bits per heavy atom. The highest BCUT2D eigenvalue weighted by Crippen LogP contribution is 2.36. The van der Waals surface area contributed by atoms with Crippen molar-refractivity contribution >= 4 is 15.7 Å². The summed E-state index contributed by atoms with van der Waals surface area (Å²) in [6.45, 7) is 0.917. The molecule has 1 atom stereocenters. The number of sulfonamides is 1. The van der Waals surface area contributed by atoms with Gasteiger partial charge in [0, 0.05) is 25.3 Å². The van der Waals surface area contributed by atoms with Gasteiger partial charge in [0.05, 0.1) is 10.9 Å². The highest BCUT2D eigenvalue weighted by atomic mass is 32.2. The van der Waals surface area contributed by atoms with Crippen molar-refractivity contribution in [3.63, 3.8) is 0 Å². The lowest BCUT2D eigenvalue weighted by atomic mass is 9.98. The lowest BCUT2D eigenvalue weighted by molar-refractivity contribution is 0.174. The van der Waals surface area contributed by atoms with E-state index in [1.807, 2.05) is 31.3 Å². The third kappa shape index (κ3) is 2.59. The maximum atomic E-state index is 12.8. The molecule has 0 aromatic heterocycles. The van der Waals surface area contributed by atoms with Crippen LogP contribution in [0.2, 0.25) is 0 Å². The van der Waals surface area contributed by atoms with Crippen molar-refractivity contribution in [2.24, 2.45) is 0 Å². The summed E-state index contributed by atoms with van der Waals surface area (Å²) in [4.78, 5) is 2.32. The predicted molar refractivity (Wildman–Crippen MR) is 90.0 cm³/mol. The topological polar surface area (TPSA) is 67.9 Å². The first-order valence-corrected chi connectivity index (χ1v) is 9.25. The quantitative estimate of drug-likeness (QED) is 0.923. The fourth-order valence-electron chi connectivity index (χ4n) is 3.15. The molecule has 0 saturated carbocycles. The Morgan fingerprint density at radius 1 is 1.12 bits per heavy atom. The first kappa shape index (κ1) is 15.3. The summed E-state index contributed by atoms with van der Waals surface area (Å²) in [5.41, 5.74) is 2.05.